The predicted octanol–water partition coefficient (Wildman–Crippen LogP) is 1.84. The summed E-state index contributed by atoms with van der Waals surface area (Å²) in [5.74, 6) is 0.194. The summed E-state index contributed by atoms with van der Waals surface area (Å²) < 4.78 is 5.39. The Balaban J connectivity index is 1.98. The van der Waals surface area contributed by atoms with Gasteiger partial charge in [-0.15, -0.1) is 0 Å². The lowest BCUT2D eigenvalue weighted by molar-refractivity contribution is -0.138. The molecule has 4 nitrogen and oxygen atoms in total. The number of carboxylic acids is 1. The molecule has 1 unspecified atom stereocenters. The van der Waals surface area contributed by atoms with Crippen LogP contribution in [0.3, 0.4) is 0 Å². The van der Waals surface area contributed by atoms with Crippen LogP contribution in [0.15, 0.2) is 4.99 Å². The zero-order valence-electron chi connectivity index (χ0n) is 8.82. The van der Waals surface area contributed by atoms with Crippen LogP contribution < -0.4 is 0 Å². The predicted molar refractivity (Wildman–Crippen MR) is 56.0 cm³/mol. The number of carboxylic acid groups (broad SMARTS) is 1. The lowest BCUT2D eigenvalue weighted by atomic mass is 10.0. The third-order valence-corrected chi connectivity index (χ3v) is 3.16. The molecule has 1 N–H and O–H groups in total. The van der Waals surface area contributed by atoms with E-state index in [2.05, 4.69) is 4.99 Å². The van der Waals surface area contributed by atoms with Crippen molar-refractivity contribution < 1.29 is 14.6 Å². The molecule has 0 aromatic rings. The first kappa shape index (κ1) is 10.5. The van der Waals surface area contributed by atoms with E-state index in [0.29, 0.717) is 11.8 Å². The molecule has 0 radical (unpaired) electrons. The number of ether oxygens (including phenoxy) is 1. The van der Waals surface area contributed by atoms with Gasteiger partial charge in [-0.1, -0.05) is 25.7 Å². The van der Waals surface area contributed by atoms with Crippen molar-refractivity contribution >= 4 is 11.9 Å². The molecule has 0 amide bonds. The Morgan fingerprint density at radius 1 is 1.27 bits per heavy atom. The summed E-state index contributed by atoms with van der Waals surface area (Å²) in [6, 6.07) is -0.664. The van der Waals surface area contributed by atoms with E-state index in [1.54, 1.807) is 0 Å². The summed E-state index contributed by atoms with van der Waals surface area (Å²) >= 11 is 0. The molecule has 15 heavy (non-hydrogen) atoms. The van der Waals surface area contributed by atoms with Gasteiger partial charge in [0.15, 0.2) is 11.9 Å². The average molecular weight is 211 g/mol. The van der Waals surface area contributed by atoms with Crippen LogP contribution in [0.25, 0.3) is 0 Å². The third-order valence-electron chi connectivity index (χ3n) is 3.16. The van der Waals surface area contributed by atoms with Crippen molar-refractivity contribution in [1.82, 2.24) is 0 Å². The second-order valence-corrected chi connectivity index (χ2v) is 4.32. The van der Waals surface area contributed by atoms with Gasteiger partial charge in [-0.25, -0.2) is 9.79 Å². The highest BCUT2D eigenvalue weighted by Crippen LogP contribution is 2.26. The number of aliphatic imine (C=N–C) groups is 1. The molecule has 0 saturated heterocycles. The molecule has 84 valence electrons. The van der Waals surface area contributed by atoms with Gasteiger partial charge in [0.25, 0.3) is 0 Å². The first-order valence-electron chi connectivity index (χ1n) is 5.70. The highest BCUT2D eigenvalue weighted by Gasteiger charge is 2.29. The number of rotatable bonds is 2. The standard InChI is InChI=1S/C11H17NO3/c13-11(14)9-7-15-10(12-9)8-5-3-1-2-4-6-8/h8-9H,1-7H2,(H,13,14). The quantitative estimate of drug-likeness (QED) is 0.709. The van der Waals surface area contributed by atoms with E-state index in [1.165, 1.54) is 25.7 Å². The number of hydrogen-bond acceptors (Lipinski definition) is 3. The van der Waals surface area contributed by atoms with E-state index < -0.39 is 12.0 Å². The first-order chi connectivity index (χ1) is 7.27. The molecule has 1 fully saturated rings. The highest BCUT2D eigenvalue weighted by atomic mass is 16.5. The fraction of sp³-hybridized carbons (Fsp3) is 0.818. The van der Waals surface area contributed by atoms with Gasteiger partial charge in [0.05, 0.1) is 0 Å². The van der Waals surface area contributed by atoms with Crippen LogP contribution in [0.5, 0.6) is 0 Å². The summed E-state index contributed by atoms with van der Waals surface area (Å²) in [4.78, 5) is 14.9. The topological polar surface area (TPSA) is 58.9 Å². The van der Waals surface area contributed by atoms with Crippen molar-refractivity contribution in [3.05, 3.63) is 0 Å². The van der Waals surface area contributed by atoms with E-state index in [9.17, 15) is 4.79 Å². The van der Waals surface area contributed by atoms with Crippen molar-refractivity contribution in [2.24, 2.45) is 10.9 Å². The minimum atomic E-state index is -0.876. The maximum Gasteiger partial charge on any atom is 0.332 e. The average Bonchev–Trinajstić information content (AvgIpc) is 2.55. The van der Waals surface area contributed by atoms with Gasteiger partial charge < -0.3 is 9.84 Å². The molecule has 1 aliphatic heterocycles. The lowest BCUT2D eigenvalue weighted by Crippen LogP contribution is -2.18. The summed E-state index contributed by atoms with van der Waals surface area (Å²) in [7, 11) is 0. The first-order valence-corrected chi connectivity index (χ1v) is 5.70. The Morgan fingerprint density at radius 3 is 2.47 bits per heavy atom. The van der Waals surface area contributed by atoms with Gasteiger partial charge in [-0.3, -0.25) is 0 Å². The number of carbonyl (C=O) groups is 1. The van der Waals surface area contributed by atoms with Gasteiger partial charge in [0.1, 0.15) is 6.61 Å². The van der Waals surface area contributed by atoms with Crippen molar-refractivity contribution in [1.29, 1.82) is 0 Å². The number of hydrogen-bond donors (Lipinski definition) is 1. The molecule has 4 heteroatoms. The van der Waals surface area contributed by atoms with Crippen molar-refractivity contribution in [2.45, 2.75) is 44.6 Å². The van der Waals surface area contributed by atoms with Crippen LogP contribution in [0.4, 0.5) is 0 Å². The van der Waals surface area contributed by atoms with E-state index >= 15 is 0 Å². The lowest BCUT2D eigenvalue weighted by Gasteiger charge is -2.12. The second-order valence-electron chi connectivity index (χ2n) is 4.32. The molecule has 2 aliphatic rings. The normalized spacial score (nSPS) is 28.0. The molecule has 0 spiro atoms. The molecule has 0 aromatic carbocycles. The summed E-state index contributed by atoms with van der Waals surface area (Å²) in [6.45, 7) is 0.223. The summed E-state index contributed by atoms with van der Waals surface area (Å²) in [5, 5.41) is 8.80. The maximum absolute atomic E-state index is 10.7. The molecular weight excluding hydrogens is 194 g/mol. The SMILES string of the molecule is O=C(O)C1COC(C2CCCCCC2)=N1. The molecule has 1 atom stereocenters. The molecule has 1 heterocycles. The Morgan fingerprint density at radius 2 is 1.93 bits per heavy atom. The van der Waals surface area contributed by atoms with E-state index in [4.69, 9.17) is 9.84 Å². The van der Waals surface area contributed by atoms with Gasteiger partial charge in [0, 0.05) is 5.92 Å². The smallest absolute Gasteiger partial charge is 0.332 e. The molecule has 0 bridgehead atoms. The summed E-state index contributed by atoms with van der Waals surface area (Å²) in [5.41, 5.74) is 0. The monoisotopic (exact) mass is 211 g/mol. The number of nitrogens with zero attached hydrogens (tertiary/aromatic N) is 1. The Labute approximate surface area is 89.3 Å². The maximum atomic E-state index is 10.7. The van der Waals surface area contributed by atoms with E-state index in [1.807, 2.05) is 0 Å². The minimum absolute atomic E-state index is 0.223. The molecular formula is C11H17NO3. The van der Waals surface area contributed by atoms with E-state index in [0.717, 1.165) is 12.8 Å². The van der Waals surface area contributed by atoms with Gasteiger partial charge in [0.2, 0.25) is 0 Å². The molecule has 1 aliphatic carbocycles. The van der Waals surface area contributed by atoms with Crippen LogP contribution in [0, 0.1) is 5.92 Å². The minimum Gasteiger partial charge on any atom is -0.480 e. The highest BCUT2D eigenvalue weighted by molar-refractivity contribution is 5.86. The van der Waals surface area contributed by atoms with E-state index in [-0.39, 0.29) is 6.61 Å². The fourth-order valence-electron chi connectivity index (χ4n) is 2.27. The van der Waals surface area contributed by atoms with Crippen LogP contribution in [0.1, 0.15) is 38.5 Å². The molecule has 0 aromatic heterocycles. The zero-order valence-corrected chi connectivity index (χ0v) is 8.82. The second kappa shape index (κ2) is 4.64. The van der Waals surface area contributed by atoms with Gasteiger partial charge in [-0.05, 0) is 12.8 Å². The zero-order chi connectivity index (χ0) is 10.7. The Kier molecular flexibility index (Phi) is 3.23. The fourth-order valence-corrected chi connectivity index (χ4v) is 2.27. The number of aliphatic carboxylic acids is 1. The third kappa shape index (κ3) is 2.49. The van der Waals surface area contributed by atoms with Crippen LogP contribution in [0.2, 0.25) is 0 Å². The van der Waals surface area contributed by atoms with Gasteiger partial charge in [-0.2, -0.15) is 0 Å². The van der Waals surface area contributed by atoms with Crippen LogP contribution in [-0.2, 0) is 9.53 Å². The molecule has 2 rings (SSSR count). The van der Waals surface area contributed by atoms with Crippen LogP contribution in [-0.4, -0.2) is 29.6 Å². The summed E-state index contributed by atoms with van der Waals surface area (Å²) in [6.07, 6.45) is 7.20. The van der Waals surface area contributed by atoms with Crippen molar-refractivity contribution in [3.8, 4) is 0 Å². The van der Waals surface area contributed by atoms with Crippen molar-refractivity contribution in [3.63, 3.8) is 0 Å². The molecule has 1 saturated carbocycles. The Bertz CT molecular complexity index is 267. The Hall–Kier alpha value is -1.06. The van der Waals surface area contributed by atoms with Crippen LogP contribution >= 0.6 is 0 Å². The van der Waals surface area contributed by atoms with Gasteiger partial charge >= 0.3 is 5.97 Å². The largest absolute Gasteiger partial charge is 0.480 e. The van der Waals surface area contributed by atoms with Crippen molar-refractivity contribution in [2.75, 3.05) is 6.61 Å².